The molecule has 16 heavy (non-hydrogen) atoms. The first-order valence-corrected chi connectivity index (χ1v) is 5.39. The molecule has 0 aromatic carbocycles. The Balaban J connectivity index is 2.27. The van der Waals surface area contributed by atoms with Gasteiger partial charge in [-0.1, -0.05) is 0 Å². The van der Waals surface area contributed by atoms with E-state index in [0.717, 1.165) is 9.88 Å². The van der Waals surface area contributed by atoms with Gasteiger partial charge in [0.2, 0.25) is 5.70 Å². The third-order valence-electron chi connectivity index (χ3n) is 2.01. The van der Waals surface area contributed by atoms with Gasteiger partial charge in [0.05, 0.1) is 11.3 Å². The molecule has 0 aliphatic heterocycles. The van der Waals surface area contributed by atoms with E-state index in [1.807, 2.05) is 22.9 Å². The number of nitrogens with zero attached hydrogens (tertiary/aromatic N) is 3. The molecule has 0 unspecified atom stereocenters. The van der Waals surface area contributed by atoms with Crippen molar-refractivity contribution < 1.29 is 4.92 Å². The normalized spacial score (nSPS) is 11.7. The number of thiophene rings is 1. The van der Waals surface area contributed by atoms with Gasteiger partial charge in [-0.25, -0.2) is 4.98 Å². The first-order valence-electron chi connectivity index (χ1n) is 4.57. The molecule has 0 saturated heterocycles. The van der Waals surface area contributed by atoms with Gasteiger partial charge in [-0.15, -0.1) is 11.3 Å². The lowest BCUT2D eigenvalue weighted by Gasteiger charge is -1.93. The molecule has 0 amide bonds. The summed E-state index contributed by atoms with van der Waals surface area (Å²) in [5, 5.41) is 11.5. The second kappa shape index (κ2) is 4.28. The predicted octanol–water partition coefficient (Wildman–Crippen LogP) is 2.57. The number of nitro groups is 1. The summed E-state index contributed by atoms with van der Waals surface area (Å²) >= 11 is 1.48. The lowest BCUT2D eigenvalue weighted by Crippen LogP contribution is -1.91. The van der Waals surface area contributed by atoms with Crippen LogP contribution in [0.4, 0.5) is 0 Å². The van der Waals surface area contributed by atoms with Gasteiger partial charge in [-0.2, -0.15) is 0 Å². The molecular weight excluding hydrogens is 226 g/mol. The SMILES string of the molecule is CC(=Cc1ccc(-n2ccnc2)s1)[N+](=O)[O-]. The zero-order valence-corrected chi connectivity index (χ0v) is 9.35. The molecule has 0 spiro atoms. The number of rotatable bonds is 3. The Labute approximate surface area is 95.8 Å². The maximum atomic E-state index is 10.5. The summed E-state index contributed by atoms with van der Waals surface area (Å²) in [5.74, 6) is 0. The number of allylic oxidation sites excluding steroid dienone is 1. The Hall–Kier alpha value is -1.95. The van der Waals surface area contributed by atoms with Gasteiger partial charge in [-0.3, -0.25) is 14.7 Å². The van der Waals surface area contributed by atoms with Crippen LogP contribution in [0, 0.1) is 10.1 Å². The number of aromatic nitrogens is 2. The van der Waals surface area contributed by atoms with Crippen molar-refractivity contribution >= 4 is 17.4 Å². The predicted molar refractivity (Wildman–Crippen MR) is 62.1 cm³/mol. The quantitative estimate of drug-likeness (QED) is 0.606. The standard InChI is InChI=1S/C10H9N3O2S/c1-8(13(14)15)6-9-2-3-10(16-9)12-5-4-11-7-12/h2-7H,1H3. The van der Waals surface area contributed by atoms with E-state index in [2.05, 4.69) is 4.98 Å². The Kier molecular flexibility index (Phi) is 2.82. The highest BCUT2D eigenvalue weighted by Crippen LogP contribution is 2.22. The van der Waals surface area contributed by atoms with Crippen molar-refractivity contribution in [1.29, 1.82) is 0 Å². The summed E-state index contributed by atoms with van der Waals surface area (Å²) in [4.78, 5) is 14.9. The minimum absolute atomic E-state index is 0.138. The van der Waals surface area contributed by atoms with Crippen molar-refractivity contribution in [1.82, 2.24) is 9.55 Å². The zero-order valence-electron chi connectivity index (χ0n) is 8.53. The minimum Gasteiger partial charge on any atom is -0.298 e. The van der Waals surface area contributed by atoms with E-state index in [1.165, 1.54) is 18.3 Å². The van der Waals surface area contributed by atoms with Crippen LogP contribution in [0.2, 0.25) is 0 Å². The van der Waals surface area contributed by atoms with E-state index in [1.54, 1.807) is 18.6 Å². The van der Waals surface area contributed by atoms with Crippen molar-refractivity contribution in [2.24, 2.45) is 0 Å². The average Bonchev–Trinajstić information content (AvgIpc) is 2.85. The van der Waals surface area contributed by atoms with Crippen LogP contribution in [0.15, 0.2) is 36.6 Å². The van der Waals surface area contributed by atoms with Gasteiger partial charge >= 0.3 is 0 Å². The molecule has 0 saturated carbocycles. The Morgan fingerprint density at radius 3 is 3.06 bits per heavy atom. The van der Waals surface area contributed by atoms with Gasteiger partial charge in [0.15, 0.2) is 0 Å². The van der Waals surface area contributed by atoms with Crippen LogP contribution in [0.3, 0.4) is 0 Å². The van der Waals surface area contributed by atoms with E-state index in [9.17, 15) is 10.1 Å². The van der Waals surface area contributed by atoms with Crippen LogP contribution in [0.5, 0.6) is 0 Å². The van der Waals surface area contributed by atoms with E-state index in [4.69, 9.17) is 0 Å². The van der Waals surface area contributed by atoms with Gasteiger partial charge < -0.3 is 0 Å². The van der Waals surface area contributed by atoms with Crippen LogP contribution in [-0.4, -0.2) is 14.5 Å². The fourth-order valence-electron chi connectivity index (χ4n) is 1.21. The lowest BCUT2D eigenvalue weighted by molar-refractivity contribution is -0.422. The molecule has 0 radical (unpaired) electrons. The number of imidazole rings is 1. The maximum Gasteiger partial charge on any atom is 0.244 e. The van der Waals surface area contributed by atoms with E-state index >= 15 is 0 Å². The molecule has 0 N–H and O–H groups in total. The average molecular weight is 235 g/mol. The Morgan fingerprint density at radius 1 is 1.62 bits per heavy atom. The second-order valence-corrected chi connectivity index (χ2v) is 4.28. The van der Waals surface area contributed by atoms with Gasteiger partial charge in [0.1, 0.15) is 5.00 Å². The molecule has 6 heteroatoms. The second-order valence-electron chi connectivity index (χ2n) is 3.19. The molecular formula is C10H9N3O2S. The van der Waals surface area contributed by atoms with E-state index in [0.29, 0.717) is 0 Å². The summed E-state index contributed by atoms with van der Waals surface area (Å²) in [6.45, 7) is 1.48. The van der Waals surface area contributed by atoms with Gasteiger partial charge in [0.25, 0.3) is 0 Å². The molecule has 2 rings (SSSR count). The van der Waals surface area contributed by atoms with Crippen molar-refractivity contribution in [3.8, 4) is 5.00 Å². The molecule has 0 aliphatic rings. The first-order chi connectivity index (χ1) is 7.66. The highest BCUT2D eigenvalue weighted by atomic mass is 32.1. The third kappa shape index (κ3) is 2.17. The molecule has 82 valence electrons. The number of hydrogen-bond acceptors (Lipinski definition) is 4. The summed E-state index contributed by atoms with van der Waals surface area (Å²) in [6.07, 6.45) is 6.78. The largest absolute Gasteiger partial charge is 0.298 e. The molecule has 0 atom stereocenters. The summed E-state index contributed by atoms with van der Waals surface area (Å²) in [5.41, 5.74) is 0.138. The highest BCUT2D eigenvalue weighted by molar-refractivity contribution is 7.15. The van der Waals surface area contributed by atoms with Crippen molar-refractivity contribution in [3.05, 3.63) is 51.5 Å². The number of hydrogen-bond donors (Lipinski definition) is 0. The van der Waals surface area contributed by atoms with Crippen LogP contribution in [-0.2, 0) is 0 Å². The van der Waals surface area contributed by atoms with E-state index in [-0.39, 0.29) is 5.70 Å². The zero-order chi connectivity index (χ0) is 11.5. The summed E-state index contributed by atoms with van der Waals surface area (Å²) in [7, 11) is 0. The summed E-state index contributed by atoms with van der Waals surface area (Å²) in [6, 6.07) is 3.76. The minimum atomic E-state index is -0.392. The topological polar surface area (TPSA) is 61.0 Å². The van der Waals surface area contributed by atoms with Gasteiger partial charge in [-0.05, 0) is 12.1 Å². The van der Waals surface area contributed by atoms with Crippen molar-refractivity contribution in [3.63, 3.8) is 0 Å². The fourth-order valence-corrected chi connectivity index (χ4v) is 2.16. The van der Waals surface area contributed by atoms with E-state index < -0.39 is 4.92 Å². The van der Waals surface area contributed by atoms with Crippen LogP contribution in [0.25, 0.3) is 11.1 Å². The highest BCUT2D eigenvalue weighted by Gasteiger charge is 2.05. The molecule has 0 bridgehead atoms. The van der Waals surface area contributed by atoms with Crippen LogP contribution < -0.4 is 0 Å². The third-order valence-corrected chi connectivity index (χ3v) is 3.06. The van der Waals surface area contributed by atoms with Crippen LogP contribution in [0.1, 0.15) is 11.8 Å². The Morgan fingerprint density at radius 2 is 2.44 bits per heavy atom. The monoisotopic (exact) mass is 235 g/mol. The lowest BCUT2D eigenvalue weighted by atomic mass is 10.4. The van der Waals surface area contributed by atoms with Gasteiger partial charge in [0, 0.05) is 30.3 Å². The maximum absolute atomic E-state index is 10.5. The molecule has 2 heterocycles. The molecule has 5 nitrogen and oxygen atoms in total. The fraction of sp³-hybridized carbons (Fsp3) is 0.100. The molecule has 2 aromatic heterocycles. The van der Waals surface area contributed by atoms with Crippen molar-refractivity contribution in [2.45, 2.75) is 6.92 Å². The Bertz CT molecular complexity index is 528. The smallest absolute Gasteiger partial charge is 0.244 e. The molecule has 2 aromatic rings. The van der Waals surface area contributed by atoms with Crippen molar-refractivity contribution in [2.75, 3.05) is 0 Å². The van der Waals surface area contributed by atoms with Crippen LogP contribution >= 0.6 is 11.3 Å². The summed E-state index contributed by atoms with van der Waals surface area (Å²) < 4.78 is 1.86. The first kappa shape index (κ1) is 10.6. The molecule has 0 fully saturated rings. The molecule has 0 aliphatic carbocycles.